The van der Waals surface area contributed by atoms with Gasteiger partial charge < -0.3 is 4.90 Å². The van der Waals surface area contributed by atoms with E-state index in [2.05, 4.69) is 4.90 Å². The van der Waals surface area contributed by atoms with Gasteiger partial charge in [0.05, 0.1) is 5.41 Å². The molecule has 0 radical (unpaired) electrons. The number of likely N-dealkylation sites (tertiary alicyclic amines) is 1. The predicted molar refractivity (Wildman–Crippen MR) is 84.0 cm³/mol. The first-order valence-corrected chi connectivity index (χ1v) is 8.69. The number of halogens is 1. The lowest BCUT2D eigenvalue weighted by atomic mass is 9.73. The average molecular weight is 301 g/mol. The van der Waals surface area contributed by atoms with E-state index in [0.29, 0.717) is 11.3 Å². The molecular formula is C19H24FNO. The fourth-order valence-electron chi connectivity index (χ4n) is 4.64. The Balaban J connectivity index is 1.51. The Kier molecular flexibility index (Phi) is 3.28. The molecule has 1 spiro atoms. The predicted octanol–water partition coefficient (Wildman–Crippen LogP) is 4.04. The van der Waals surface area contributed by atoms with Gasteiger partial charge in [0.15, 0.2) is 0 Å². The Bertz CT molecular complexity index is 570. The smallest absolute Gasteiger partial charge is 0.233 e. The van der Waals surface area contributed by atoms with E-state index in [9.17, 15) is 9.18 Å². The van der Waals surface area contributed by atoms with Crippen LogP contribution in [0.2, 0.25) is 0 Å². The lowest BCUT2D eigenvalue weighted by molar-refractivity contribution is -0.133. The lowest BCUT2D eigenvalue weighted by Gasteiger charge is -2.33. The largest absolute Gasteiger partial charge is 0.341 e. The van der Waals surface area contributed by atoms with Crippen LogP contribution in [0.25, 0.3) is 0 Å². The molecule has 0 atom stereocenters. The fraction of sp³-hybridized carbons (Fsp3) is 0.632. The molecule has 2 aliphatic carbocycles. The summed E-state index contributed by atoms with van der Waals surface area (Å²) < 4.78 is 13.1. The highest BCUT2D eigenvalue weighted by molar-refractivity contribution is 5.91. The van der Waals surface area contributed by atoms with Crippen LogP contribution in [0.3, 0.4) is 0 Å². The molecule has 22 heavy (non-hydrogen) atoms. The van der Waals surface area contributed by atoms with Gasteiger partial charge in [-0.05, 0) is 55.2 Å². The standard InChI is InChI=1S/C19H24FNO/c20-16-6-4-15(5-7-16)19(10-11-19)17(22)21-13-12-18(14-21)8-2-1-3-9-18/h4-7H,1-3,8-14H2. The van der Waals surface area contributed by atoms with Crippen LogP contribution in [0, 0.1) is 11.2 Å². The number of rotatable bonds is 2. The highest BCUT2D eigenvalue weighted by atomic mass is 19.1. The van der Waals surface area contributed by atoms with Gasteiger partial charge in [-0.3, -0.25) is 4.79 Å². The van der Waals surface area contributed by atoms with E-state index in [-0.39, 0.29) is 11.2 Å². The zero-order valence-corrected chi connectivity index (χ0v) is 13.1. The molecule has 0 bridgehead atoms. The van der Waals surface area contributed by atoms with Crippen LogP contribution in [0.15, 0.2) is 24.3 Å². The normalized spacial score (nSPS) is 25.4. The Morgan fingerprint density at radius 1 is 0.955 bits per heavy atom. The molecule has 0 N–H and O–H groups in total. The van der Waals surface area contributed by atoms with Gasteiger partial charge in [0, 0.05) is 13.1 Å². The second-order valence-corrected chi connectivity index (χ2v) is 7.63. The summed E-state index contributed by atoms with van der Waals surface area (Å²) in [5.41, 5.74) is 1.07. The van der Waals surface area contributed by atoms with Crippen molar-refractivity contribution < 1.29 is 9.18 Å². The van der Waals surface area contributed by atoms with Crippen molar-refractivity contribution in [3.8, 4) is 0 Å². The van der Waals surface area contributed by atoms with E-state index in [1.807, 2.05) is 0 Å². The molecule has 3 heteroatoms. The van der Waals surface area contributed by atoms with Gasteiger partial charge in [0.25, 0.3) is 0 Å². The van der Waals surface area contributed by atoms with E-state index in [1.165, 1.54) is 50.7 Å². The molecule has 3 fully saturated rings. The van der Waals surface area contributed by atoms with Gasteiger partial charge in [-0.25, -0.2) is 4.39 Å². The van der Waals surface area contributed by atoms with Gasteiger partial charge >= 0.3 is 0 Å². The van der Waals surface area contributed by atoms with Crippen molar-refractivity contribution in [2.45, 2.75) is 56.8 Å². The van der Waals surface area contributed by atoms with Gasteiger partial charge in [-0.15, -0.1) is 0 Å². The lowest BCUT2D eigenvalue weighted by Crippen LogP contribution is -2.39. The van der Waals surface area contributed by atoms with E-state index in [4.69, 9.17) is 0 Å². The maximum Gasteiger partial charge on any atom is 0.233 e. The summed E-state index contributed by atoms with van der Waals surface area (Å²) in [6.45, 7) is 1.87. The second kappa shape index (κ2) is 5.07. The topological polar surface area (TPSA) is 20.3 Å². The highest BCUT2D eigenvalue weighted by Crippen LogP contribution is 2.52. The summed E-state index contributed by atoms with van der Waals surface area (Å²) in [7, 11) is 0. The number of benzene rings is 1. The second-order valence-electron chi connectivity index (χ2n) is 7.63. The van der Waals surface area contributed by atoms with Gasteiger partial charge in [-0.1, -0.05) is 31.4 Å². The molecule has 1 amide bonds. The Morgan fingerprint density at radius 2 is 1.64 bits per heavy atom. The summed E-state index contributed by atoms with van der Waals surface area (Å²) >= 11 is 0. The summed E-state index contributed by atoms with van der Waals surface area (Å²) in [4.78, 5) is 15.2. The third-order valence-electron chi connectivity index (χ3n) is 6.20. The van der Waals surface area contributed by atoms with Crippen LogP contribution >= 0.6 is 0 Å². The molecule has 1 heterocycles. The minimum Gasteiger partial charge on any atom is -0.341 e. The maximum atomic E-state index is 13.1. The Hall–Kier alpha value is -1.38. The molecule has 1 aliphatic heterocycles. The Morgan fingerprint density at radius 3 is 2.27 bits per heavy atom. The van der Waals surface area contributed by atoms with Crippen molar-refractivity contribution in [1.29, 1.82) is 0 Å². The summed E-state index contributed by atoms with van der Waals surface area (Å²) in [5, 5.41) is 0. The van der Waals surface area contributed by atoms with Crippen LogP contribution in [0.1, 0.15) is 56.9 Å². The highest BCUT2D eigenvalue weighted by Gasteiger charge is 2.55. The van der Waals surface area contributed by atoms with Crippen molar-refractivity contribution in [1.82, 2.24) is 4.90 Å². The molecule has 1 aromatic rings. The molecule has 0 unspecified atom stereocenters. The summed E-state index contributed by atoms with van der Waals surface area (Å²) in [6, 6.07) is 6.56. The van der Waals surface area contributed by atoms with Crippen LogP contribution in [0.4, 0.5) is 4.39 Å². The Labute approximate surface area is 131 Å². The minimum absolute atomic E-state index is 0.227. The number of carbonyl (C=O) groups excluding carboxylic acids is 1. The first kappa shape index (κ1) is 14.2. The van der Waals surface area contributed by atoms with Crippen LogP contribution in [0.5, 0.6) is 0 Å². The van der Waals surface area contributed by atoms with Crippen molar-refractivity contribution in [2.75, 3.05) is 13.1 Å². The number of carbonyl (C=O) groups is 1. The SMILES string of the molecule is O=C(N1CCC2(CCCCC2)C1)C1(c2ccc(F)cc2)CC1. The van der Waals surface area contributed by atoms with Crippen molar-refractivity contribution in [3.05, 3.63) is 35.6 Å². The molecule has 2 saturated carbocycles. The van der Waals surface area contributed by atoms with Crippen LogP contribution < -0.4 is 0 Å². The van der Waals surface area contributed by atoms with E-state index in [0.717, 1.165) is 31.5 Å². The average Bonchev–Trinajstić information content (AvgIpc) is 3.26. The minimum atomic E-state index is -0.339. The monoisotopic (exact) mass is 301 g/mol. The van der Waals surface area contributed by atoms with E-state index >= 15 is 0 Å². The molecule has 1 aromatic carbocycles. The van der Waals surface area contributed by atoms with Crippen LogP contribution in [-0.2, 0) is 10.2 Å². The van der Waals surface area contributed by atoms with Crippen LogP contribution in [-0.4, -0.2) is 23.9 Å². The van der Waals surface area contributed by atoms with Gasteiger partial charge in [-0.2, -0.15) is 0 Å². The number of amides is 1. The molecule has 4 rings (SSSR count). The van der Waals surface area contributed by atoms with Gasteiger partial charge in [0.2, 0.25) is 5.91 Å². The quantitative estimate of drug-likeness (QED) is 0.807. The molecule has 118 valence electrons. The zero-order valence-electron chi connectivity index (χ0n) is 13.1. The van der Waals surface area contributed by atoms with Crippen molar-refractivity contribution in [3.63, 3.8) is 0 Å². The molecule has 0 aromatic heterocycles. The molecule has 1 saturated heterocycles. The maximum absolute atomic E-state index is 13.1. The third kappa shape index (κ3) is 2.26. The number of nitrogens with zero attached hydrogens (tertiary/aromatic N) is 1. The van der Waals surface area contributed by atoms with E-state index in [1.54, 1.807) is 12.1 Å². The molecule has 3 aliphatic rings. The van der Waals surface area contributed by atoms with Crippen molar-refractivity contribution >= 4 is 5.91 Å². The molecular weight excluding hydrogens is 277 g/mol. The third-order valence-corrected chi connectivity index (χ3v) is 6.20. The first-order chi connectivity index (χ1) is 10.6. The zero-order chi connectivity index (χ0) is 15.2. The van der Waals surface area contributed by atoms with Gasteiger partial charge in [0.1, 0.15) is 5.82 Å². The first-order valence-electron chi connectivity index (χ1n) is 8.69. The number of hydrogen-bond donors (Lipinski definition) is 0. The fourth-order valence-corrected chi connectivity index (χ4v) is 4.64. The summed E-state index contributed by atoms with van der Waals surface area (Å²) in [6.07, 6.45) is 9.60. The molecule has 2 nitrogen and oxygen atoms in total. The number of hydrogen-bond acceptors (Lipinski definition) is 1. The van der Waals surface area contributed by atoms with Crippen molar-refractivity contribution in [2.24, 2.45) is 5.41 Å². The van der Waals surface area contributed by atoms with E-state index < -0.39 is 0 Å². The summed E-state index contributed by atoms with van der Waals surface area (Å²) in [5.74, 6) is 0.0656.